The molecule has 0 aliphatic rings. The van der Waals surface area contributed by atoms with Gasteiger partial charge in [-0.05, 0) is 48.9 Å². The standard InChI is InChI=1S/C15H15ClO3S2/c1-10(17)11-3-8-15(14(16)9-11)20-12-4-6-13(7-5-12)21(2,18)19/h3-10,17H,1-2H3. The maximum Gasteiger partial charge on any atom is 0.175 e. The van der Waals surface area contributed by atoms with Crippen molar-refractivity contribution in [1.82, 2.24) is 0 Å². The summed E-state index contributed by atoms with van der Waals surface area (Å²) in [7, 11) is -3.18. The Morgan fingerprint density at radius 2 is 1.76 bits per heavy atom. The molecule has 112 valence electrons. The van der Waals surface area contributed by atoms with Crippen molar-refractivity contribution in [2.45, 2.75) is 27.7 Å². The number of aliphatic hydroxyl groups is 1. The lowest BCUT2D eigenvalue weighted by Gasteiger charge is -2.09. The minimum atomic E-state index is -3.18. The molecule has 21 heavy (non-hydrogen) atoms. The number of halogens is 1. The lowest BCUT2D eigenvalue weighted by Crippen LogP contribution is -1.96. The monoisotopic (exact) mass is 342 g/mol. The van der Waals surface area contributed by atoms with E-state index in [-0.39, 0.29) is 0 Å². The highest BCUT2D eigenvalue weighted by molar-refractivity contribution is 7.99. The van der Waals surface area contributed by atoms with Crippen LogP contribution in [0, 0.1) is 0 Å². The van der Waals surface area contributed by atoms with Crippen LogP contribution in [-0.4, -0.2) is 19.8 Å². The van der Waals surface area contributed by atoms with E-state index in [1.807, 2.05) is 12.1 Å². The number of hydrogen-bond donors (Lipinski definition) is 1. The molecule has 2 aromatic carbocycles. The van der Waals surface area contributed by atoms with Crippen LogP contribution < -0.4 is 0 Å². The maximum atomic E-state index is 11.4. The normalized spacial score (nSPS) is 13.1. The van der Waals surface area contributed by atoms with Crippen LogP contribution in [0.4, 0.5) is 0 Å². The van der Waals surface area contributed by atoms with E-state index in [0.717, 1.165) is 15.4 Å². The molecule has 1 unspecified atom stereocenters. The molecule has 0 bridgehead atoms. The van der Waals surface area contributed by atoms with Crippen LogP contribution >= 0.6 is 23.4 Å². The number of hydrogen-bond acceptors (Lipinski definition) is 4. The molecule has 0 saturated heterocycles. The summed E-state index contributed by atoms with van der Waals surface area (Å²) in [5.74, 6) is 0. The van der Waals surface area contributed by atoms with Crippen molar-refractivity contribution in [3.05, 3.63) is 53.1 Å². The summed E-state index contributed by atoms with van der Waals surface area (Å²) in [6, 6.07) is 12.1. The molecule has 1 atom stereocenters. The highest BCUT2D eigenvalue weighted by atomic mass is 35.5. The van der Waals surface area contributed by atoms with Crippen molar-refractivity contribution in [1.29, 1.82) is 0 Å². The number of sulfone groups is 1. The topological polar surface area (TPSA) is 54.4 Å². The van der Waals surface area contributed by atoms with Crippen LogP contribution in [0.1, 0.15) is 18.6 Å². The van der Waals surface area contributed by atoms with Crippen LogP contribution in [0.2, 0.25) is 5.02 Å². The Morgan fingerprint density at radius 1 is 1.14 bits per heavy atom. The van der Waals surface area contributed by atoms with Gasteiger partial charge in [-0.2, -0.15) is 0 Å². The fourth-order valence-corrected chi connectivity index (χ4v) is 3.50. The smallest absolute Gasteiger partial charge is 0.175 e. The Labute approximate surface area is 133 Å². The molecule has 0 amide bonds. The van der Waals surface area contributed by atoms with Crippen LogP contribution in [0.5, 0.6) is 0 Å². The van der Waals surface area contributed by atoms with Gasteiger partial charge in [0.2, 0.25) is 0 Å². The minimum absolute atomic E-state index is 0.294. The largest absolute Gasteiger partial charge is 0.389 e. The van der Waals surface area contributed by atoms with Crippen molar-refractivity contribution in [2.75, 3.05) is 6.26 Å². The molecule has 0 aliphatic carbocycles. The Bertz CT molecular complexity index is 738. The quantitative estimate of drug-likeness (QED) is 0.914. The molecule has 0 aromatic heterocycles. The van der Waals surface area contributed by atoms with E-state index in [0.29, 0.717) is 9.92 Å². The van der Waals surface area contributed by atoms with Gasteiger partial charge in [0.25, 0.3) is 0 Å². The Hall–Kier alpha value is -1.01. The van der Waals surface area contributed by atoms with E-state index in [1.54, 1.807) is 37.3 Å². The first-order valence-corrected chi connectivity index (χ1v) is 9.31. The Morgan fingerprint density at radius 3 is 2.24 bits per heavy atom. The number of aliphatic hydroxyl groups excluding tert-OH is 1. The molecule has 0 heterocycles. The predicted octanol–water partition coefficient (Wildman–Crippen LogP) is 3.95. The second-order valence-corrected chi connectivity index (χ2v) is 8.25. The summed E-state index contributed by atoms with van der Waals surface area (Å²) in [6.45, 7) is 1.68. The summed E-state index contributed by atoms with van der Waals surface area (Å²) < 4.78 is 22.8. The number of benzene rings is 2. The maximum absolute atomic E-state index is 11.4. The third kappa shape index (κ3) is 4.23. The van der Waals surface area contributed by atoms with Crippen molar-refractivity contribution in [3.63, 3.8) is 0 Å². The van der Waals surface area contributed by atoms with Gasteiger partial charge < -0.3 is 5.11 Å². The van der Waals surface area contributed by atoms with Gasteiger partial charge in [0.15, 0.2) is 9.84 Å². The van der Waals surface area contributed by atoms with Crippen molar-refractivity contribution in [3.8, 4) is 0 Å². The molecule has 0 aliphatic heterocycles. The first kappa shape index (κ1) is 16.4. The highest BCUT2D eigenvalue weighted by Gasteiger charge is 2.09. The van der Waals surface area contributed by atoms with Crippen LogP contribution in [-0.2, 0) is 9.84 Å². The average molecular weight is 343 g/mol. The molecule has 0 radical (unpaired) electrons. The predicted molar refractivity (Wildman–Crippen MR) is 85.8 cm³/mol. The van der Waals surface area contributed by atoms with Gasteiger partial charge >= 0.3 is 0 Å². The van der Waals surface area contributed by atoms with E-state index in [2.05, 4.69) is 0 Å². The zero-order valence-electron chi connectivity index (χ0n) is 11.6. The van der Waals surface area contributed by atoms with Gasteiger partial charge in [0, 0.05) is 16.0 Å². The lowest BCUT2D eigenvalue weighted by atomic mass is 10.1. The fourth-order valence-electron chi connectivity index (χ4n) is 1.74. The van der Waals surface area contributed by atoms with Gasteiger partial charge in [-0.15, -0.1) is 0 Å². The summed E-state index contributed by atoms with van der Waals surface area (Å²) >= 11 is 7.64. The van der Waals surface area contributed by atoms with E-state index in [1.165, 1.54) is 18.0 Å². The van der Waals surface area contributed by atoms with E-state index >= 15 is 0 Å². The van der Waals surface area contributed by atoms with E-state index in [4.69, 9.17) is 11.6 Å². The average Bonchev–Trinajstić information content (AvgIpc) is 2.40. The Balaban J connectivity index is 2.22. The third-order valence-electron chi connectivity index (χ3n) is 2.92. The molecule has 1 N–H and O–H groups in total. The van der Waals surface area contributed by atoms with E-state index < -0.39 is 15.9 Å². The van der Waals surface area contributed by atoms with E-state index in [9.17, 15) is 13.5 Å². The summed E-state index contributed by atoms with van der Waals surface area (Å²) in [5, 5.41) is 10.1. The van der Waals surface area contributed by atoms with Gasteiger partial charge in [-0.1, -0.05) is 29.4 Å². The van der Waals surface area contributed by atoms with Gasteiger partial charge in [0.05, 0.1) is 16.0 Å². The molecule has 3 nitrogen and oxygen atoms in total. The van der Waals surface area contributed by atoms with Gasteiger partial charge in [-0.3, -0.25) is 0 Å². The Kier molecular flexibility index (Phi) is 4.99. The van der Waals surface area contributed by atoms with Crippen molar-refractivity contribution in [2.24, 2.45) is 0 Å². The lowest BCUT2D eigenvalue weighted by molar-refractivity contribution is 0.199. The van der Waals surface area contributed by atoms with Gasteiger partial charge in [-0.25, -0.2) is 8.42 Å². The highest BCUT2D eigenvalue weighted by Crippen LogP contribution is 2.35. The first-order chi connectivity index (χ1) is 9.77. The molecular formula is C15H15ClO3S2. The molecule has 0 saturated carbocycles. The zero-order valence-corrected chi connectivity index (χ0v) is 14.0. The van der Waals surface area contributed by atoms with Gasteiger partial charge in [0.1, 0.15) is 0 Å². The molecular weight excluding hydrogens is 328 g/mol. The number of rotatable bonds is 4. The minimum Gasteiger partial charge on any atom is -0.389 e. The van der Waals surface area contributed by atoms with Crippen molar-refractivity contribution < 1.29 is 13.5 Å². The summed E-state index contributed by atoms with van der Waals surface area (Å²) in [4.78, 5) is 2.05. The SMILES string of the molecule is CC(O)c1ccc(Sc2ccc(S(C)(=O)=O)cc2)c(Cl)c1. The molecule has 2 rings (SSSR count). The first-order valence-electron chi connectivity index (χ1n) is 6.23. The fraction of sp³-hybridized carbons (Fsp3) is 0.200. The van der Waals surface area contributed by atoms with Crippen LogP contribution in [0.25, 0.3) is 0 Å². The zero-order chi connectivity index (χ0) is 15.6. The second-order valence-electron chi connectivity index (χ2n) is 4.71. The molecule has 0 fully saturated rings. The third-order valence-corrected chi connectivity index (χ3v) is 5.56. The molecule has 6 heteroatoms. The molecule has 2 aromatic rings. The molecule has 0 spiro atoms. The van der Waals surface area contributed by atoms with Crippen molar-refractivity contribution >= 4 is 33.2 Å². The van der Waals surface area contributed by atoms with Crippen LogP contribution in [0.3, 0.4) is 0 Å². The van der Waals surface area contributed by atoms with Crippen LogP contribution in [0.15, 0.2) is 57.2 Å². The summed E-state index contributed by atoms with van der Waals surface area (Å²) in [5.41, 5.74) is 0.761. The summed E-state index contributed by atoms with van der Waals surface area (Å²) in [6.07, 6.45) is 0.622. The second kappa shape index (κ2) is 6.40.